The van der Waals surface area contributed by atoms with Crippen molar-refractivity contribution in [1.82, 2.24) is 0 Å². The molecule has 106 valence electrons. The first-order valence-corrected chi connectivity index (χ1v) is 7.41. The number of benzene rings is 2. The van der Waals surface area contributed by atoms with Gasteiger partial charge in [-0.3, -0.25) is 0 Å². The summed E-state index contributed by atoms with van der Waals surface area (Å²) >= 11 is 0. The third-order valence-corrected chi connectivity index (χ3v) is 3.68. The number of nitrogens with zero attached hydrogens (tertiary/aromatic N) is 1. The highest BCUT2D eigenvalue weighted by Gasteiger charge is 2.05. The van der Waals surface area contributed by atoms with Crippen LogP contribution < -0.4 is 10.2 Å². The van der Waals surface area contributed by atoms with Crippen LogP contribution in [0.1, 0.15) is 32.4 Å². The van der Waals surface area contributed by atoms with E-state index in [9.17, 15) is 0 Å². The second-order valence-corrected chi connectivity index (χ2v) is 5.00. The number of nitrogens with one attached hydrogen (secondary N) is 1. The Kier molecular flexibility index (Phi) is 5.05. The minimum Gasteiger partial charge on any atom is -0.379 e. The maximum Gasteiger partial charge on any atom is 0.0485 e. The van der Waals surface area contributed by atoms with Crippen molar-refractivity contribution in [3.05, 3.63) is 60.2 Å². The third kappa shape index (κ3) is 3.53. The summed E-state index contributed by atoms with van der Waals surface area (Å²) in [6, 6.07) is 19.5. The first-order valence-electron chi connectivity index (χ1n) is 7.41. The average Bonchev–Trinajstić information content (AvgIpc) is 2.51. The van der Waals surface area contributed by atoms with Crippen LogP contribution in [0.3, 0.4) is 0 Å². The number of anilines is 2. The molecule has 0 amide bonds. The molecule has 0 saturated carbocycles. The summed E-state index contributed by atoms with van der Waals surface area (Å²) in [4.78, 5) is 2.35. The Balaban J connectivity index is 2.04. The fraction of sp³-hybridized carbons (Fsp3) is 0.333. The predicted molar refractivity (Wildman–Crippen MR) is 88.5 cm³/mol. The van der Waals surface area contributed by atoms with Gasteiger partial charge in [0.05, 0.1) is 0 Å². The molecule has 2 heteroatoms. The van der Waals surface area contributed by atoms with Crippen LogP contribution in [0.5, 0.6) is 0 Å². The Morgan fingerprint density at radius 3 is 2.05 bits per heavy atom. The van der Waals surface area contributed by atoms with E-state index in [1.165, 1.54) is 11.3 Å². The van der Waals surface area contributed by atoms with E-state index in [0.29, 0.717) is 6.04 Å². The smallest absolute Gasteiger partial charge is 0.0485 e. The van der Waals surface area contributed by atoms with Crippen molar-refractivity contribution in [3.63, 3.8) is 0 Å². The SMILES string of the molecule is CCN(CC)c1ccc(NC(C)c2ccccc2)cc1. The quantitative estimate of drug-likeness (QED) is 0.816. The predicted octanol–water partition coefficient (Wildman–Crippen LogP) is 4.71. The van der Waals surface area contributed by atoms with E-state index < -0.39 is 0 Å². The van der Waals surface area contributed by atoms with Gasteiger partial charge in [0.15, 0.2) is 0 Å². The fourth-order valence-corrected chi connectivity index (χ4v) is 2.43. The molecule has 0 spiro atoms. The van der Waals surface area contributed by atoms with Crippen molar-refractivity contribution in [1.29, 1.82) is 0 Å². The zero-order valence-electron chi connectivity index (χ0n) is 12.6. The molecule has 0 aliphatic heterocycles. The van der Waals surface area contributed by atoms with E-state index >= 15 is 0 Å². The Bertz CT molecular complexity index is 501. The number of hydrogen-bond donors (Lipinski definition) is 1. The summed E-state index contributed by atoms with van der Waals surface area (Å²) in [6.07, 6.45) is 0. The molecule has 0 fully saturated rings. The zero-order chi connectivity index (χ0) is 14.4. The Labute approximate surface area is 122 Å². The van der Waals surface area contributed by atoms with Crippen molar-refractivity contribution in [2.24, 2.45) is 0 Å². The molecule has 0 saturated heterocycles. The van der Waals surface area contributed by atoms with Crippen molar-refractivity contribution in [3.8, 4) is 0 Å². The van der Waals surface area contributed by atoms with Crippen LogP contribution in [0, 0.1) is 0 Å². The van der Waals surface area contributed by atoms with E-state index in [-0.39, 0.29) is 0 Å². The molecule has 2 nitrogen and oxygen atoms in total. The minimum absolute atomic E-state index is 0.315. The minimum atomic E-state index is 0.315. The molecule has 0 bridgehead atoms. The highest BCUT2D eigenvalue weighted by molar-refractivity contribution is 5.55. The molecule has 1 N–H and O–H groups in total. The fourth-order valence-electron chi connectivity index (χ4n) is 2.43. The van der Waals surface area contributed by atoms with Crippen molar-refractivity contribution in [2.75, 3.05) is 23.3 Å². The first-order chi connectivity index (χ1) is 9.74. The van der Waals surface area contributed by atoms with Crippen LogP contribution in [0.4, 0.5) is 11.4 Å². The Morgan fingerprint density at radius 1 is 0.900 bits per heavy atom. The van der Waals surface area contributed by atoms with Gasteiger partial charge in [-0.15, -0.1) is 0 Å². The van der Waals surface area contributed by atoms with Crippen LogP contribution in [0.2, 0.25) is 0 Å². The van der Waals surface area contributed by atoms with Crippen LogP contribution in [0.25, 0.3) is 0 Å². The van der Waals surface area contributed by atoms with E-state index in [1.54, 1.807) is 0 Å². The van der Waals surface area contributed by atoms with Gasteiger partial charge in [0.1, 0.15) is 0 Å². The molecule has 0 heterocycles. The van der Waals surface area contributed by atoms with E-state index in [2.05, 4.69) is 85.6 Å². The maximum atomic E-state index is 3.54. The second kappa shape index (κ2) is 6.99. The third-order valence-electron chi connectivity index (χ3n) is 3.68. The summed E-state index contributed by atoms with van der Waals surface area (Å²) < 4.78 is 0. The molecule has 20 heavy (non-hydrogen) atoms. The summed E-state index contributed by atoms with van der Waals surface area (Å²) in [5.41, 5.74) is 3.76. The Hall–Kier alpha value is -1.96. The molecule has 2 rings (SSSR count). The topological polar surface area (TPSA) is 15.3 Å². The van der Waals surface area contributed by atoms with E-state index in [0.717, 1.165) is 18.8 Å². The zero-order valence-corrected chi connectivity index (χ0v) is 12.6. The van der Waals surface area contributed by atoms with Gasteiger partial charge in [-0.25, -0.2) is 0 Å². The highest BCUT2D eigenvalue weighted by Crippen LogP contribution is 2.22. The molecular formula is C18H24N2. The number of hydrogen-bond acceptors (Lipinski definition) is 2. The summed E-state index contributed by atoms with van der Waals surface area (Å²) in [5.74, 6) is 0. The van der Waals surface area contributed by atoms with Crippen LogP contribution >= 0.6 is 0 Å². The van der Waals surface area contributed by atoms with E-state index in [4.69, 9.17) is 0 Å². The molecule has 2 aromatic rings. The summed E-state index contributed by atoms with van der Waals surface area (Å²) in [6.45, 7) is 8.65. The van der Waals surface area contributed by atoms with Crippen LogP contribution in [-0.2, 0) is 0 Å². The monoisotopic (exact) mass is 268 g/mol. The lowest BCUT2D eigenvalue weighted by Gasteiger charge is -2.22. The molecule has 0 aliphatic carbocycles. The van der Waals surface area contributed by atoms with Gasteiger partial charge in [-0.1, -0.05) is 30.3 Å². The standard InChI is InChI=1S/C18H24N2/c1-4-20(5-2)18-13-11-17(12-14-18)19-15(3)16-9-7-6-8-10-16/h6-15,19H,4-5H2,1-3H3. The Morgan fingerprint density at radius 2 is 1.50 bits per heavy atom. The molecule has 1 atom stereocenters. The molecular weight excluding hydrogens is 244 g/mol. The first kappa shape index (κ1) is 14.4. The molecule has 0 aromatic heterocycles. The van der Waals surface area contributed by atoms with Gasteiger partial charge in [-0.2, -0.15) is 0 Å². The lowest BCUT2D eigenvalue weighted by molar-refractivity contribution is 0.864. The highest BCUT2D eigenvalue weighted by atomic mass is 15.1. The molecule has 1 unspecified atom stereocenters. The largest absolute Gasteiger partial charge is 0.379 e. The lowest BCUT2D eigenvalue weighted by atomic mass is 10.1. The molecule has 2 aromatic carbocycles. The van der Waals surface area contributed by atoms with Crippen molar-refractivity contribution >= 4 is 11.4 Å². The summed E-state index contributed by atoms with van der Waals surface area (Å²) in [7, 11) is 0. The second-order valence-electron chi connectivity index (χ2n) is 5.00. The summed E-state index contributed by atoms with van der Waals surface area (Å²) in [5, 5.41) is 3.54. The maximum absolute atomic E-state index is 3.54. The van der Waals surface area contributed by atoms with Gasteiger partial charge in [0.25, 0.3) is 0 Å². The van der Waals surface area contributed by atoms with Gasteiger partial charge >= 0.3 is 0 Å². The van der Waals surface area contributed by atoms with E-state index in [1.807, 2.05) is 0 Å². The van der Waals surface area contributed by atoms with Gasteiger partial charge in [0.2, 0.25) is 0 Å². The van der Waals surface area contributed by atoms with Crippen molar-refractivity contribution < 1.29 is 0 Å². The van der Waals surface area contributed by atoms with Gasteiger partial charge in [0, 0.05) is 30.5 Å². The molecule has 0 radical (unpaired) electrons. The van der Waals surface area contributed by atoms with Gasteiger partial charge in [-0.05, 0) is 50.6 Å². The van der Waals surface area contributed by atoms with Crippen LogP contribution in [0.15, 0.2) is 54.6 Å². The lowest BCUT2D eigenvalue weighted by Crippen LogP contribution is -2.21. The average molecular weight is 268 g/mol. The van der Waals surface area contributed by atoms with Crippen molar-refractivity contribution in [2.45, 2.75) is 26.8 Å². The normalized spacial score (nSPS) is 11.9. The number of rotatable bonds is 6. The van der Waals surface area contributed by atoms with Gasteiger partial charge < -0.3 is 10.2 Å². The van der Waals surface area contributed by atoms with Crippen LogP contribution in [-0.4, -0.2) is 13.1 Å². The molecule has 0 aliphatic rings.